The maximum absolute atomic E-state index is 3.24. The van der Waals surface area contributed by atoms with Gasteiger partial charge in [0, 0.05) is 12.2 Å². The van der Waals surface area contributed by atoms with Crippen molar-refractivity contribution in [2.75, 3.05) is 6.54 Å². The minimum Gasteiger partial charge on any atom is -0.385 e. The second-order valence-electron chi connectivity index (χ2n) is 2.43. The molecule has 0 aliphatic carbocycles. The van der Waals surface area contributed by atoms with Gasteiger partial charge in [-0.15, -0.1) is 0 Å². The summed E-state index contributed by atoms with van der Waals surface area (Å²) in [6.07, 6.45) is 14.3. The third-order valence-corrected chi connectivity index (χ3v) is 1.43. The first-order valence-corrected chi connectivity index (χ1v) is 3.80. The van der Waals surface area contributed by atoms with Crippen molar-refractivity contribution in [2.45, 2.75) is 6.92 Å². The molecule has 0 bridgehead atoms. The van der Waals surface area contributed by atoms with E-state index in [1.54, 1.807) is 0 Å². The van der Waals surface area contributed by atoms with E-state index in [0.29, 0.717) is 0 Å². The zero-order valence-electron chi connectivity index (χ0n) is 6.75. The van der Waals surface area contributed by atoms with E-state index in [4.69, 9.17) is 0 Å². The molecule has 11 heavy (non-hydrogen) atoms. The van der Waals surface area contributed by atoms with Gasteiger partial charge in [-0.05, 0) is 13.0 Å². The molecular weight excluding hydrogens is 134 g/mol. The van der Waals surface area contributed by atoms with Crippen LogP contribution in [-0.2, 0) is 0 Å². The van der Waals surface area contributed by atoms with Crippen LogP contribution in [0.2, 0.25) is 0 Å². The highest BCUT2D eigenvalue weighted by atomic mass is 14.9. The molecule has 1 aliphatic heterocycles. The van der Waals surface area contributed by atoms with E-state index in [0.717, 1.165) is 6.54 Å². The molecule has 1 heterocycles. The summed E-state index contributed by atoms with van der Waals surface area (Å²) in [6.45, 7) is 2.96. The predicted octanol–water partition coefficient (Wildman–Crippen LogP) is 2.16. The second kappa shape index (κ2) is 4.56. The molecule has 0 aromatic carbocycles. The molecule has 0 radical (unpaired) electrons. The SMILES string of the molecule is C\C1=C/C=C\C=C\C=C/CN1. The van der Waals surface area contributed by atoms with Crippen molar-refractivity contribution in [1.82, 2.24) is 5.32 Å². The Labute approximate surface area is 67.8 Å². The molecule has 58 valence electrons. The summed E-state index contributed by atoms with van der Waals surface area (Å²) in [4.78, 5) is 0. The Kier molecular flexibility index (Phi) is 3.26. The molecule has 0 saturated heterocycles. The van der Waals surface area contributed by atoms with Gasteiger partial charge in [0.1, 0.15) is 0 Å². The molecule has 0 aromatic heterocycles. The van der Waals surface area contributed by atoms with E-state index < -0.39 is 0 Å². The van der Waals surface area contributed by atoms with Crippen LogP contribution in [0.3, 0.4) is 0 Å². The third-order valence-electron chi connectivity index (χ3n) is 1.43. The molecule has 0 aromatic rings. The summed E-state index contributed by atoms with van der Waals surface area (Å²) in [5.74, 6) is 0. The highest BCUT2D eigenvalue weighted by Gasteiger charge is 1.81. The number of allylic oxidation sites excluding steroid dienone is 7. The van der Waals surface area contributed by atoms with Crippen molar-refractivity contribution < 1.29 is 0 Å². The monoisotopic (exact) mass is 147 g/mol. The lowest BCUT2D eigenvalue weighted by Gasteiger charge is -2.00. The van der Waals surface area contributed by atoms with E-state index in [1.165, 1.54) is 5.70 Å². The topological polar surface area (TPSA) is 12.0 Å². The fourth-order valence-corrected chi connectivity index (χ4v) is 0.818. The standard InChI is InChI=1S/C10H13N/c1-10-8-6-4-2-3-5-7-9-11-10/h2-8,11H,9H2,1H3/b3-2+,6-4-,7-5-,10-8+. The van der Waals surface area contributed by atoms with Crippen LogP contribution in [-0.4, -0.2) is 6.54 Å². The molecule has 0 unspecified atom stereocenters. The van der Waals surface area contributed by atoms with Gasteiger partial charge < -0.3 is 5.32 Å². The van der Waals surface area contributed by atoms with Crippen LogP contribution in [0.15, 0.2) is 48.2 Å². The van der Waals surface area contributed by atoms with E-state index >= 15 is 0 Å². The van der Waals surface area contributed by atoms with Crippen molar-refractivity contribution in [3.05, 3.63) is 48.2 Å². The lowest BCUT2D eigenvalue weighted by atomic mass is 10.3. The zero-order valence-corrected chi connectivity index (χ0v) is 6.75. The first-order valence-electron chi connectivity index (χ1n) is 3.80. The minimum atomic E-state index is 0.903. The van der Waals surface area contributed by atoms with Crippen molar-refractivity contribution in [1.29, 1.82) is 0 Å². The summed E-state index contributed by atoms with van der Waals surface area (Å²) < 4.78 is 0. The molecule has 0 atom stereocenters. The fourth-order valence-electron chi connectivity index (χ4n) is 0.818. The summed E-state index contributed by atoms with van der Waals surface area (Å²) in [7, 11) is 0. The van der Waals surface area contributed by atoms with Gasteiger partial charge in [-0.2, -0.15) is 0 Å². The molecule has 0 fully saturated rings. The molecule has 0 amide bonds. The van der Waals surface area contributed by atoms with Crippen LogP contribution >= 0.6 is 0 Å². The van der Waals surface area contributed by atoms with Crippen molar-refractivity contribution >= 4 is 0 Å². The van der Waals surface area contributed by atoms with Gasteiger partial charge in [-0.25, -0.2) is 0 Å². The van der Waals surface area contributed by atoms with Gasteiger partial charge in [0.05, 0.1) is 0 Å². The number of nitrogens with one attached hydrogen (secondary N) is 1. The van der Waals surface area contributed by atoms with Gasteiger partial charge in [0.15, 0.2) is 0 Å². The van der Waals surface area contributed by atoms with Crippen molar-refractivity contribution in [3.8, 4) is 0 Å². The Morgan fingerprint density at radius 3 is 2.73 bits per heavy atom. The highest BCUT2D eigenvalue weighted by Crippen LogP contribution is 1.90. The van der Waals surface area contributed by atoms with Crippen LogP contribution in [0.5, 0.6) is 0 Å². The van der Waals surface area contributed by atoms with Gasteiger partial charge >= 0.3 is 0 Å². The Balaban J connectivity index is 2.64. The molecular formula is C10H13N. The van der Waals surface area contributed by atoms with E-state index in [1.807, 2.05) is 30.4 Å². The number of hydrogen-bond acceptors (Lipinski definition) is 1. The van der Waals surface area contributed by atoms with E-state index in [2.05, 4.69) is 24.4 Å². The number of hydrogen-bond donors (Lipinski definition) is 1. The number of rotatable bonds is 0. The first kappa shape index (κ1) is 7.86. The van der Waals surface area contributed by atoms with E-state index in [-0.39, 0.29) is 0 Å². The molecule has 1 rings (SSSR count). The average molecular weight is 147 g/mol. The normalized spacial score (nSPS) is 30.8. The quantitative estimate of drug-likeness (QED) is 0.553. The summed E-state index contributed by atoms with van der Waals surface area (Å²) >= 11 is 0. The van der Waals surface area contributed by atoms with Crippen LogP contribution in [0.1, 0.15) is 6.92 Å². The van der Waals surface area contributed by atoms with Crippen molar-refractivity contribution in [2.24, 2.45) is 0 Å². The molecule has 1 nitrogen and oxygen atoms in total. The molecule has 1 heteroatoms. The summed E-state index contributed by atoms with van der Waals surface area (Å²) in [6, 6.07) is 0. The van der Waals surface area contributed by atoms with Crippen LogP contribution in [0, 0.1) is 0 Å². The Hall–Kier alpha value is -1.24. The summed E-state index contributed by atoms with van der Waals surface area (Å²) in [5.41, 5.74) is 1.20. The zero-order chi connectivity index (χ0) is 7.94. The summed E-state index contributed by atoms with van der Waals surface area (Å²) in [5, 5.41) is 3.24. The lowest BCUT2D eigenvalue weighted by Crippen LogP contribution is -2.09. The largest absolute Gasteiger partial charge is 0.385 e. The Bertz CT molecular complexity index is 219. The van der Waals surface area contributed by atoms with E-state index in [9.17, 15) is 0 Å². The average Bonchev–Trinajstić information content (AvgIpc) is 2.03. The fraction of sp³-hybridized carbons (Fsp3) is 0.200. The molecule has 1 aliphatic rings. The Morgan fingerprint density at radius 2 is 1.82 bits per heavy atom. The van der Waals surface area contributed by atoms with Gasteiger partial charge in [-0.3, -0.25) is 0 Å². The maximum Gasteiger partial charge on any atom is 0.0330 e. The van der Waals surface area contributed by atoms with Gasteiger partial charge in [0.2, 0.25) is 0 Å². The maximum atomic E-state index is 3.24. The minimum absolute atomic E-state index is 0.903. The second-order valence-corrected chi connectivity index (χ2v) is 2.43. The predicted molar refractivity (Wildman–Crippen MR) is 49.2 cm³/mol. The van der Waals surface area contributed by atoms with Crippen molar-refractivity contribution in [3.63, 3.8) is 0 Å². The lowest BCUT2D eigenvalue weighted by molar-refractivity contribution is 0.904. The highest BCUT2D eigenvalue weighted by molar-refractivity contribution is 5.19. The van der Waals surface area contributed by atoms with Crippen LogP contribution in [0.4, 0.5) is 0 Å². The molecule has 0 saturated carbocycles. The van der Waals surface area contributed by atoms with Crippen LogP contribution in [0.25, 0.3) is 0 Å². The van der Waals surface area contributed by atoms with Gasteiger partial charge in [-0.1, -0.05) is 36.5 Å². The van der Waals surface area contributed by atoms with Crippen LogP contribution < -0.4 is 5.32 Å². The molecule has 0 spiro atoms. The molecule has 1 N–H and O–H groups in total. The third kappa shape index (κ3) is 3.46. The van der Waals surface area contributed by atoms with Gasteiger partial charge in [0.25, 0.3) is 0 Å². The smallest absolute Gasteiger partial charge is 0.0330 e. The Morgan fingerprint density at radius 1 is 1.09 bits per heavy atom. The first-order chi connectivity index (χ1) is 5.39.